The summed E-state index contributed by atoms with van der Waals surface area (Å²) in [5.74, 6) is -0.962. The molecular weight excluding hydrogens is 488 g/mol. The molecule has 1 saturated heterocycles. The van der Waals surface area contributed by atoms with Crippen LogP contribution in [0.5, 0.6) is 0 Å². The molecule has 0 N–H and O–H groups in total. The van der Waals surface area contributed by atoms with E-state index in [1.165, 1.54) is 35.4 Å². The molecule has 1 atom stereocenters. The highest BCUT2D eigenvalue weighted by molar-refractivity contribution is 7.90. The van der Waals surface area contributed by atoms with Gasteiger partial charge < -0.3 is 14.7 Å². The number of rotatable bonds is 6. The van der Waals surface area contributed by atoms with Crippen LogP contribution < -0.4 is 9.80 Å². The van der Waals surface area contributed by atoms with Gasteiger partial charge in [0, 0.05) is 57.3 Å². The van der Waals surface area contributed by atoms with E-state index in [2.05, 4.69) is 9.97 Å². The van der Waals surface area contributed by atoms with Crippen LogP contribution in [0.2, 0.25) is 0 Å². The lowest BCUT2D eigenvalue weighted by molar-refractivity contribution is 0.0778. The summed E-state index contributed by atoms with van der Waals surface area (Å²) in [6.07, 6.45) is 2.55. The van der Waals surface area contributed by atoms with Crippen LogP contribution in [0.3, 0.4) is 0 Å². The van der Waals surface area contributed by atoms with E-state index in [1.807, 2.05) is 16.7 Å². The van der Waals surface area contributed by atoms with Crippen LogP contribution >= 0.6 is 0 Å². The SMILES string of the molecule is C[C@@H]1CN(c2ccc(S(C)(=O)=O)cc2F)CCN1c1nccc(C(=O)N(C)Cc2ccccc2F)n1. The molecule has 0 saturated carbocycles. The molecule has 1 amide bonds. The predicted molar refractivity (Wildman–Crippen MR) is 133 cm³/mol. The highest BCUT2D eigenvalue weighted by Gasteiger charge is 2.28. The highest BCUT2D eigenvalue weighted by atomic mass is 32.2. The van der Waals surface area contributed by atoms with Crippen LogP contribution in [0, 0.1) is 11.6 Å². The number of carbonyl (C=O) groups excluding carboxylic acids is 1. The maximum Gasteiger partial charge on any atom is 0.272 e. The molecule has 0 bridgehead atoms. The van der Waals surface area contributed by atoms with E-state index >= 15 is 0 Å². The minimum Gasteiger partial charge on any atom is -0.365 e. The summed E-state index contributed by atoms with van der Waals surface area (Å²) in [6, 6.07) is 11.6. The molecule has 36 heavy (non-hydrogen) atoms. The second-order valence-electron chi connectivity index (χ2n) is 8.87. The third-order valence-corrected chi connectivity index (χ3v) is 7.26. The van der Waals surface area contributed by atoms with E-state index < -0.39 is 15.7 Å². The molecule has 1 aromatic heterocycles. The first-order valence-electron chi connectivity index (χ1n) is 11.4. The van der Waals surface area contributed by atoms with Crippen molar-refractivity contribution in [1.82, 2.24) is 14.9 Å². The molecule has 2 aromatic carbocycles. The van der Waals surface area contributed by atoms with E-state index in [-0.39, 0.29) is 34.9 Å². The second-order valence-corrected chi connectivity index (χ2v) is 10.9. The number of aromatic nitrogens is 2. The third kappa shape index (κ3) is 5.46. The minimum atomic E-state index is -3.50. The molecule has 0 aliphatic carbocycles. The summed E-state index contributed by atoms with van der Waals surface area (Å²) in [7, 11) is -1.91. The molecular formula is C25H27F2N5O3S. The van der Waals surface area contributed by atoms with Gasteiger partial charge in [-0.1, -0.05) is 18.2 Å². The van der Waals surface area contributed by atoms with Crippen molar-refractivity contribution in [2.24, 2.45) is 0 Å². The Morgan fingerprint density at radius 2 is 1.86 bits per heavy atom. The predicted octanol–water partition coefficient (Wildman–Crippen LogP) is 3.15. The van der Waals surface area contributed by atoms with E-state index in [1.54, 1.807) is 25.2 Å². The van der Waals surface area contributed by atoms with E-state index in [0.29, 0.717) is 36.8 Å². The summed E-state index contributed by atoms with van der Waals surface area (Å²) < 4.78 is 52.1. The average molecular weight is 516 g/mol. The Kier molecular flexibility index (Phi) is 7.21. The number of anilines is 2. The number of hydrogen-bond donors (Lipinski definition) is 0. The van der Waals surface area contributed by atoms with Gasteiger partial charge in [0.2, 0.25) is 5.95 Å². The quantitative estimate of drug-likeness (QED) is 0.499. The van der Waals surface area contributed by atoms with Crippen LogP contribution in [0.25, 0.3) is 0 Å². The molecule has 8 nitrogen and oxygen atoms in total. The first kappa shape index (κ1) is 25.5. The van der Waals surface area contributed by atoms with Crippen molar-refractivity contribution in [2.75, 3.05) is 42.7 Å². The Labute approximate surface area is 209 Å². The van der Waals surface area contributed by atoms with Crippen molar-refractivity contribution in [1.29, 1.82) is 0 Å². The van der Waals surface area contributed by atoms with Crippen molar-refractivity contribution < 1.29 is 22.0 Å². The number of carbonyl (C=O) groups is 1. The molecule has 11 heteroatoms. The van der Waals surface area contributed by atoms with Gasteiger partial charge in [0.15, 0.2) is 9.84 Å². The number of benzene rings is 2. The average Bonchev–Trinajstić information content (AvgIpc) is 2.84. The Hall–Kier alpha value is -3.60. The van der Waals surface area contributed by atoms with Crippen LogP contribution in [-0.2, 0) is 16.4 Å². The first-order chi connectivity index (χ1) is 17.0. The largest absolute Gasteiger partial charge is 0.365 e. The van der Waals surface area contributed by atoms with Crippen molar-refractivity contribution in [3.63, 3.8) is 0 Å². The van der Waals surface area contributed by atoms with Crippen LogP contribution in [0.15, 0.2) is 59.6 Å². The molecule has 2 heterocycles. The second kappa shape index (κ2) is 10.2. The van der Waals surface area contributed by atoms with Gasteiger partial charge >= 0.3 is 0 Å². The van der Waals surface area contributed by atoms with Crippen LogP contribution in [-0.4, -0.2) is 68.2 Å². The van der Waals surface area contributed by atoms with Crippen molar-refractivity contribution in [3.8, 4) is 0 Å². The van der Waals surface area contributed by atoms with Gasteiger partial charge in [-0.15, -0.1) is 0 Å². The van der Waals surface area contributed by atoms with Gasteiger partial charge in [0.25, 0.3) is 5.91 Å². The normalized spacial score (nSPS) is 16.2. The number of sulfone groups is 1. The van der Waals surface area contributed by atoms with E-state index in [4.69, 9.17) is 0 Å². The zero-order valence-corrected chi connectivity index (χ0v) is 21.0. The summed E-state index contributed by atoms with van der Waals surface area (Å²) in [4.78, 5) is 26.9. The zero-order chi connectivity index (χ0) is 26.0. The summed E-state index contributed by atoms with van der Waals surface area (Å²) >= 11 is 0. The zero-order valence-electron chi connectivity index (χ0n) is 20.2. The first-order valence-corrected chi connectivity index (χ1v) is 13.3. The highest BCUT2D eigenvalue weighted by Crippen LogP contribution is 2.26. The number of piperazine rings is 1. The minimum absolute atomic E-state index is 0.0645. The number of nitrogens with zero attached hydrogens (tertiary/aromatic N) is 5. The van der Waals surface area contributed by atoms with Gasteiger partial charge in [0.05, 0.1) is 10.6 Å². The van der Waals surface area contributed by atoms with Gasteiger partial charge in [-0.3, -0.25) is 4.79 Å². The Morgan fingerprint density at radius 1 is 1.11 bits per heavy atom. The molecule has 0 radical (unpaired) electrons. The summed E-state index contributed by atoms with van der Waals surface area (Å²) in [5.41, 5.74) is 0.925. The number of hydrogen-bond acceptors (Lipinski definition) is 7. The monoisotopic (exact) mass is 515 g/mol. The fourth-order valence-electron chi connectivity index (χ4n) is 4.20. The number of amides is 1. The van der Waals surface area contributed by atoms with Gasteiger partial charge in [-0.2, -0.15) is 0 Å². The van der Waals surface area contributed by atoms with Gasteiger partial charge in [0.1, 0.15) is 17.3 Å². The van der Waals surface area contributed by atoms with Crippen molar-refractivity contribution >= 4 is 27.4 Å². The standard InChI is InChI=1S/C25H27F2N5O3S/c1-17-15-31(23-9-8-19(14-21(23)27)36(3,34)35)12-13-32(17)25-28-11-10-22(29-25)24(33)30(2)16-18-6-4-5-7-20(18)26/h4-11,14,17H,12-13,15-16H2,1-3H3/t17-/m1/s1. The lowest BCUT2D eigenvalue weighted by Gasteiger charge is -2.41. The van der Waals surface area contributed by atoms with Crippen molar-refractivity contribution in [2.45, 2.75) is 24.4 Å². The Balaban J connectivity index is 1.46. The lowest BCUT2D eigenvalue weighted by Crippen LogP contribution is -2.53. The molecule has 1 aliphatic rings. The third-order valence-electron chi connectivity index (χ3n) is 6.15. The van der Waals surface area contributed by atoms with Gasteiger partial charge in [-0.05, 0) is 37.3 Å². The topological polar surface area (TPSA) is 86.7 Å². The molecule has 1 aliphatic heterocycles. The fraction of sp³-hybridized carbons (Fsp3) is 0.320. The lowest BCUT2D eigenvalue weighted by atomic mass is 10.1. The smallest absolute Gasteiger partial charge is 0.272 e. The number of halogens is 2. The molecule has 3 aromatic rings. The van der Waals surface area contributed by atoms with E-state index in [9.17, 15) is 22.0 Å². The van der Waals surface area contributed by atoms with Crippen molar-refractivity contribution in [3.05, 3.63) is 77.6 Å². The Bertz CT molecular complexity index is 1390. The molecule has 1 fully saturated rings. The molecule has 0 spiro atoms. The summed E-state index contributed by atoms with van der Waals surface area (Å²) in [5, 5.41) is 0. The van der Waals surface area contributed by atoms with E-state index in [0.717, 1.165) is 12.3 Å². The summed E-state index contributed by atoms with van der Waals surface area (Å²) in [6.45, 7) is 3.41. The maximum atomic E-state index is 14.7. The molecule has 190 valence electrons. The van der Waals surface area contributed by atoms with Gasteiger partial charge in [-0.25, -0.2) is 27.2 Å². The molecule has 4 rings (SSSR count). The van der Waals surface area contributed by atoms with Crippen LogP contribution in [0.1, 0.15) is 23.0 Å². The maximum absolute atomic E-state index is 14.7. The van der Waals surface area contributed by atoms with Crippen LogP contribution in [0.4, 0.5) is 20.4 Å². The fourth-order valence-corrected chi connectivity index (χ4v) is 4.84. The molecule has 0 unspecified atom stereocenters. The Morgan fingerprint density at radius 3 is 2.53 bits per heavy atom.